The zero-order chi connectivity index (χ0) is 19.5. The minimum Gasteiger partial charge on any atom is -0.375 e. The molecule has 0 saturated heterocycles. The van der Waals surface area contributed by atoms with Crippen LogP contribution in [0.5, 0.6) is 0 Å². The number of sulfone groups is 1. The van der Waals surface area contributed by atoms with Gasteiger partial charge < -0.3 is 10.6 Å². The average Bonchev–Trinajstić information content (AvgIpc) is 2.55. The minimum absolute atomic E-state index is 0.0174. The van der Waals surface area contributed by atoms with Gasteiger partial charge in [0.1, 0.15) is 0 Å². The molecule has 0 bridgehead atoms. The number of carbonyl (C=O) groups excluding carboxylic acids is 1. The lowest BCUT2D eigenvalue weighted by molar-refractivity contribution is -0.114. The molecule has 0 saturated carbocycles. The smallest absolute Gasteiger partial charge is 0.243 e. The molecule has 0 aliphatic heterocycles. The molecule has 0 unspecified atom stereocenters. The van der Waals surface area contributed by atoms with Crippen molar-refractivity contribution in [3.8, 4) is 0 Å². The quantitative estimate of drug-likeness (QED) is 0.804. The van der Waals surface area contributed by atoms with Gasteiger partial charge >= 0.3 is 0 Å². The summed E-state index contributed by atoms with van der Waals surface area (Å²) >= 11 is 0. The monoisotopic (exact) mass is 374 g/mol. The van der Waals surface area contributed by atoms with Crippen molar-refractivity contribution in [2.24, 2.45) is 0 Å². The Morgan fingerprint density at radius 2 is 1.73 bits per heavy atom. The van der Waals surface area contributed by atoms with Crippen molar-refractivity contribution in [2.75, 3.05) is 23.4 Å². The van der Waals surface area contributed by atoms with E-state index in [-0.39, 0.29) is 23.3 Å². The second-order valence-corrected chi connectivity index (χ2v) is 8.87. The Morgan fingerprint density at radius 1 is 1.04 bits per heavy atom. The van der Waals surface area contributed by atoms with Crippen molar-refractivity contribution in [1.82, 2.24) is 0 Å². The highest BCUT2D eigenvalue weighted by atomic mass is 32.2. The number of anilines is 2. The number of amides is 1. The van der Waals surface area contributed by atoms with E-state index in [0.717, 1.165) is 22.4 Å². The molecule has 0 aliphatic carbocycles. The lowest BCUT2D eigenvalue weighted by Crippen LogP contribution is -2.22. The van der Waals surface area contributed by atoms with E-state index < -0.39 is 9.84 Å². The summed E-state index contributed by atoms with van der Waals surface area (Å²) in [4.78, 5) is 12.4. The minimum atomic E-state index is -3.40. The van der Waals surface area contributed by atoms with Gasteiger partial charge in [0, 0.05) is 11.9 Å². The molecular weight excluding hydrogens is 348 g/mol. The maximum absolute atomic E-state index is 12.2. The lowest BCUT2D eigenvalue weighted by atomic mass is 10.0. The highest BCUT2D eigenvalue weighted by Gasteiger charge is 2.16. The Kier molecular flexibility index (Phi) is 6.08. The summed E-state index contributed by atoms with van der Waals surface area (Å²) in [5, 5.41) is 5.76. The summed E-state index contributed by atoms with van der Waals surface area (Å²) in [6.07, 6.45) is 1.17. The number of carbonyl (C=O) groups is 1. The number of rotatable bonds is 6. The molecule has 0 radical (unpaired) electrons. The largest absolute Gasteiger partial charge is 0.375 e. The summed E-state index contributed by atoms with van der Waals surface area (Å²) in [6.45, 7) is 7.99. The zero-order valence-corrected chi connectivity index (χ0v) is 16.7. The molecule has 6 heteroatoms. The van der Waals surface area contributed by atoms with Crippen LogP contribution >= 0.6 is 0 Å². The molecule has 26 heavy (non-hydrogen) atoms. The number of nitrogens with one attached hydrogen (secondary N) is 2. The SMILES string of the molecule is Cc1ccc(NC(=O)CNc2ccc(C(C)C)cc2S(C)(=O)=O)cc1C. The zero-order valence-electron chi connectivity index (χ0n) is 15.9. The third kappa shape index (κ3) is 5.08. The van der Waals surface area contributed by atoms with E-state index in [0.29, 0.717) is 5.69 Å². The summed E-state index contributed by atoms with van der Waals surface area (Å²) in [5.41, 5.74) is 4.35. The molecule has 0 spiro atoms. The van der Waals surface area contributed by atoms with Crippen LogP contribution < -0.4 is 10.6 Å². The lowest BCUT2D eigenvalue weighted by Gasteiger charge is -2.14. The van der Waals surface area contributed by atoms with E-state index in [9.17, 15) is 13.2 Å². The Balaban J connectivity index is 2.13. The van der Waals surface area contributed by atoms with Crippen molar-refractivity contribution >= 4 is 27.1 Å². The average molecular weight is 375 g/mol. The van der Waals surface area contributed by atoms with Gasteiger partial charge in [-0.3, -0.25) is 4.79 Å². The standard InChI is InChI=1S/C20H26N2O3S/c1-13(2)16-7-9-18(19(11-16)26(5,24)25)21-12-20(23)22-17-8-6-14(3)15(4)10-17/h6-11,13,21H,12H2,1-5H3,(H,22,23). The molecule has 2 N–H and O–H groups in total. The van der Waals surface area contributed by atoms with Crippen molar-refractivity contribution in [2.45, 2.75) is 38.5 Å². The third-order valence-electron chi connectivity index (χ3n) is 4.30. The van der Waals surface area contributed by atoms with Crippen LogP contribution in [0.1, 0.15) is 36.5 Å². The van der Waals surface area contributed by atoms with Crippen LogP contribution in [-0.2, 0) is 14.6 Å². The van der Waals surface area contributed by atoms with Gasteiger partial charge in [-0.1, -0.05) is 26.0 Å². The van der Waals surface area contributed by atoms with Crippen LogP contribution in [0.2, 0.25) is 0 Å². The summed E-state index contributed by atoms with van der Waals surface area (Å²) in [6, 6.07) is 11.0. The van der Waals surface area contributed by atoms with Crippen molar-refractivity contribution in [3.05, 3.63) is 53.1 Å². The highest BCUT2D eigenvalue weighted by Crippen LogP contribution is 2.26. The topological polar surface area (TPSA) is 75.3 Å². The fourth-order valence-corrected chi connectivity index (χ4v) is 3.44. The summed E-state index contributed by atoms with van der Waals surface area (Å²) in [7, 11) is -3.40. The molecule has 140 valence electrons. The van der Waals surface area contributed by atoms with E-state index in [1.165, 1.54) is 6.26 Å². The van der Waals surface area contributed by atoms with Gasteiger partial charge in [-0.2, -0.15) is 0 Å². The maximum atomic E-state index is 12.2. The van der Waals surface area contributed by atoms with E-state index in [2.05, 4.69) is 10.6 Å². The van der Waals surface area contributed by atoms with Gasteiger partial charge in [-0.15, -0.1) is 0 Å². The molecule has 0 atom stereocenters. The fourth-order valence-electron chi connectivity index (χ4n) is 2.55. The first-order chi connectivity index (χ1) is 12.1. The molecule has 0 fully saturated rings. The van der Waals surface area contributed by atoms with Crippen LogP contribution in [0, 0.1) is 13.8 Å². The van der Waals surface area contributed by atoms with Gasteiger partial charge in [0.25, 0.3) is 0 Å². The first kappa shape index (κ1) is 20.0. The van der Waals surface area contributed by atoms with Gasteiger partial charge in [-0.25, -0.2) is 8.42 Å². The van der Waals surface area contributed by atoms with Crippen molar-refractivity contribution in [1.29, 1.82) is 0 Å². The van der Waals surface area contributed by atoms with Gasteiger partial charge in [0.15, 0.2) is 9.84 Å². The van der Waals surface area contributed by atoms with Crippen LogP contribution in [0.15, 0.2) is 41.3 Å². The number of hydrogen-bond acceptors (Lipinski definition) is 4. The van der Waals surface area contributed by atoms with Gasteiger partial charge in [0.2, 0.25) is 5.91 Å². The molecule has 2 rings (SSSR count). The Hall–Kier alpha value is -2.34. The molecule has 0 aromatic heterocycles. The van der Waals surface area contributed by atoms with Crippen LogP contribution in [0.4, 0.5) is 11.4 Å². The first-order valence-electron chi connectivity index (χ1n) is 8.53. The third-order valence-corrected chi connectivity index (χ3v) is 5.44. The second kappa shape index (κ2) is 7.91. The van der Waals surface area contributed by atoms with Crippen LogP contribution in [-0.4, -0.2) is 27.1 Å². The molecule has 0 aliphatic rings. The van der Waals surface area contributed by atoms with Gasteiger partial charge in [-0.05, 0) is 60.7 Å². The fraction of sp³-hybridized carbons (Fsp3) is 0.350. The van der Waals surface area contributed by atoms with E-state index >= 15 is 0 Å². The summed E-state index contributed by atoms with van der Waals surface area (Å²) < 4.78 is 24.2. The van der Waals surface area contributed by atoms with Crippen LogP contribution in [0.3, 0.4) is 0 Å². The molecule has 2 aromatic carbocycles. The number of aryl methyl sites for hydroxylation is 2. The van der Waals surface area contributed by atoms with E-state index in [4.69, 9.17) is 0 Å². The van der Waals surface area contributed by atoms with E-state index in [1.807, 2.05) is 52.0 Å². The summed E-state index contributed by atoms with van der Waals surface area (Å²) in [5.74, 6) is -0.0155. The molecule has 0 heterocycles. The first-order valence-corrected chi connectivity index (χ1v) is 10.4. The Morgan fingerprint density at radius 3 is 2.31 bits per heavy atom. The van der Waals surface area contributed by atoms with Crippen LogP contribution in [0.25, 0.3) is 0 Å². The van der Waals surface area contributed by atoms with Gasteiger partial charge in [0.05, 0.1) is 17.1 Å². The number of hydrogen-bond donors (Lipinski definition) is 2. The van der Waals surface area contributed by atoms with Crippen molar-refractivity contribution in [3.63, 3.8) is 0 Å². The Labute approximate surface area is 155 Å². The number of benzene rings is 2. The predicted molar refractivity (Wildman–Crippen MR) is 107 cm³/mol. The molecular formula is C20H26N2O3S. The normalized spacial score (nSPS) is 11.5. The maximum Gasteiger partial charge on any atom is 0.243 e. The second-order valence-electron chi connectivity index (χ2n) is 6.88. The predicted octanol–water partition coefficient (Wildman–Crippen LogP) is 3.88. The highest BCUT2D eigenvalue weighted by molar-refractivity contribution is 7.90. The van der Waals surface area contributed by atoms with Crippen molar-refractivity contribution < 1.29 is 13.2 Å². The molecule has 5 nitrogen and oxygen atoms in total. The molecule has 2 aromatic rings. The van der Waals surface area contributed by atoms with E-state index in [1.54, 1.807) is 12.1 Å². The Bertz CT molecular complexity index is 919. The molecule has 1 amide bonds.